The minimum atomic E-state index is -0.984. The number of carbonyl (C=O) groups excluding carboxylic acids is 2. The summed E-state index contributed by atoms with van der Waals surface area (Å²) in [7, 11) is 0. The summed E-state index contributed by atoms with van der Waals surface area (Å²) in [6.07, 6.45) is 0. The first-order valence-electron chi connectivity index (χ1n) is 5.55. The molecule has 0 unspecified atom stereocenters. The minimum Gasteiger partial charge on any atom is -0.370 e. The molecule has 1 rings (SSSR count). The summed E-state index contributed by atoms with van der Waals surface area (Å²) in [5, 5.41) is 2.36. The summed E-state index contributed by atoms with van der Waals surface area (Å²) >= 11 is 0. The van der Waals surface area contributed by atoms with Crippen LogP contribution >= 0.6 is 0 Å². The van der Waals surface area contributed by atoms with Crippen molar-refractivity contribution in [2.24, 2.45) is 11.6 Å². The molecule has 0 fully saturated rings. The summed E-state index contributed by atoms with van der Waals surface area (Å²) in [6.45, 7) is -0.162. The molecule has 0 bridgehead atoms. The normalized spacial score (nSPS) is 10.2. The van der Waals surface area contributed by atoms with E-state index in [-0.39, 0.29) is 25.3 Å². The molecular weight excluding hydrogens is 274 g/mol. The lowest BCUT2D eigenvalue weighted by Gasteiger charge is -2.08. The first kappa shape index (κ1) is 15.8. The van der Waals surface area contributed by atoms with Crippen molar-refractivity contribution >= 4 is 17.5 Å². The van der Waals surface area contributed by atoms with Gasteiger partial charge in [-0.25, -0.2) is 8.78 Å². The van der Waals surface area contributed by atoms with E-state index >= 15 is 0 Å². The zero-order valence-corrected chi connectivity index (χ0v) is 10.4. The van der Waals surface area contributed by atoms with Gasteiger partial charge in [0, 0.05) is 12.1 Å². The number of hydrazine groups is 1. The number of anilines is 1. The molecule has 6 N–H and O–H groups in total. The molecule has 1 aromatic carbocycles. The van der Waals surface area contributed by atoms with Gasteiger partial charge in [0.15, 0.2) is 11.6 Å². The van der Waals surface area contributed by atoms with Crippen LogP contribution in [-0.4, -0.2) is 31.6 Å². The molecule has 9 heteroatoms. The van der Waals surface area contributed by atoms with Gasteiger partial charge in [0.1, 0.15) is 12.3 Å². The van der Waals surface area contributed by atoms with Crippen LogP contribution in [0.5, 0.6) is 0 Å². The number of amides is 2. The van der Waals surface area contributed by atoms with Gasteiger partial charge in [-0.05, 0) is 12.1 Å². The predicted molar refractivity (Wildman–Crippen MR) is 66.5 cm³/mol. The quantitative estimate of drug-likeness (QED) is 0.306. The van der Waals surface area contributed by atoms with E-state index < -0.39 is 29.1 Å². The van der Waals surface area contributed by atoms with Crippen LogP contribution in [0.25, 0.3) is 0 Å². The van der Waals surface area contributed by atoms with Crippen molar-refractivity contribution in [3.63, 3.8) is 0 Å². The van der Waals surface area contributed by atoms with Crippen molar-refractivity contribution in [3.8, 4) is 0 Å². The van der Waals surface area contributed by atoms with Crippen molar-refractivity contribution in [3.05, 3.63) is 29.3 Å². The topological polar surface area (TPSA) is 119 Å². The second-order valence-corrected chi connectivity index (χ2v) is 3.73. The number of nitrogens with two attached hydrogens (primary N) is 2. The molecule has 0 atom stereocenters. The van der Waals surface area contributed by atoms with Crippen molar-refractivity contribution in [1.29, 1.82) is 0 Å². The largest absolute Gasteiger partial charge is 0.370 e. The number of benzene rings is 1. The van der Waals surface area contributed by atoms with E-state index in [1.54, 1.807) is 0 Å². The average molecular weight is 288 g/mol. The lowest BCUT2D eigenvalue weighted by atomic mass is 10.1. The minimum absolute atomic E-state index is 0.0437. The van der Waals surface area contributed by atoms with E-state index in [0.717, 1.165) is 12.1 Å². The Morgan fingerprint density at radius 1 is 1.25 bits per heavy atom. The fourth-order valence-corrected chi connectivity index (χ4v) is 1.35. The van der Waals surface area contributed by atoms with Crippen LogP contribution in [0.15, 0.2) is 12.1 Å². The molecule has 0 heterocycles. The number of nitrogens with one attached hydrogen (secondary N) is 2. The summed E-state index contributed by atoms with van der Waals surface area (Å²) in [6, 6.07) is 1.69. The third kappa shape index (κ3) is 4.44. The lowest BCUT2D eigenvalue weighted by molar-refractivity contribution is -0.122. The first-order valence-corrected chi connectivity index (χ1v) is 5.55. The highest BCUT2D eigenvalue weighted by atomic mass is 19.1. The molecule has 0 saturated heterocycles. The third-order valence-electron chi connectivity index (χ3n) is 2.22. The Balaban J connectivity index is 2.54. The lowest BCUT2D eigenvalue weighted by Crippen LogP contribution is -2.29. The maximum Gasteiger partial charge on any atom is 0.251 e. The Kier molecular flexibility index (Phi) is 5.81. The number of nitrogen functional groups attached to an aromatic ring is 1. The molecule has 7 nitrogen and oxygen atoms in total. The highest BCUT2D eigenvalue weighted by molar-refractivity contribution is 5.94. The molecule has 0 aliphatic carbocycles. The van der Waals surface area contributed by atoms with Crippen molar-refractivity contribution in [1.82, 2.24) is 5.32 Å². The number of carbonyl (C=O) groups is 2. The zero-order valence-electron chi connectivity index (χ0n) is 10.4. The fraction of sp³-hybridized carbons (Fsp3) is 0.273. The van der Waals surface area contributed by atoms with Gasteiger partial charge < -0.3 is 21.2 Å². The SMILES string of the molecule is NNc1c(F)cc(C(=O)NCCOCC(N)=O)cc1F. The number of rotatable bonds is 7. The maximum absolute atomic E-state index is 13.4. The van der Waals surface area contributed by atoms with E-state index in [4.69, 9.17) is 16.3 Å². The van der Waals surface area contributed by atoms with Crippen LogP contribution < -0.4 is 22.3 Å². The highest BCUT2D eigenvalue weighted by Gasteiger charge is 2.14. The van der Waals surface area contributed by atoms with Crippen molar-refractivity contribution in [2.45, 2.75) is 0 Å². The number of hydrogen-bond donors (Lipinski definition) is 4. The molecular formula is C11H14F2N4O3. The maximum atomic E-state index is 13.4. The molecule has 0 aliphatic heterocycles. The van der Waals surface area contributed by atoms with Gasteiger partial charge in [0.2, 0.25) is 5.91 Å². The monoisotopic (exact) mass is 288 g/mol. The predicted octanol–water partition coefficient (Wildman–Crippen LogP) is -0.518. The standard InChI is InChI=1S/C11H14F2N4O3/c12-7-3-6(4-8(13)10(7)17-15)11(19)16-1-2-20-5-9(14)18/h3-4,17H,1-2,5,15H2,(H2,14,18)(H,16,19). The van der Waals surface area contributed by atoms with Gasteiger partial charge >= 0.3 is 0 Å². The number of primary amides is 1. The Labute approximate surface area is 113 Å². The fourth-order valence-electron chi connectivity index (χ4n) is 1.35. The van der Waals surface area contributed by atoms with Gasteiger partial charge in [0.25, 0.3) is 5.91 Å². The number of halogens is 2. The highest BCUT2D eigenvalue weighted by Crippen LogP contribution is 2.19. The second-order valence-electron chi connectivity index (χ2n) is 3.73. The second kappa shape index (κ2) is 7.36. The number of ether oxygens (including phenoxy) is 1. The van der Waals surface area contributed by atoms with Crippen LogP contribution in [0.4, 0.5) is 14.5 Å². The Morgan fingerprint density at radius 2 is 1.85 bits per heavy atom. The van der Waals surface area contributed by atoms with Crippen LogP contribution in [0, 0.1) is 11.6 Å². The van der Waals surface area contributed by atoms with Crippen LogP contribution in [0.1, 0.15) is 10.4 Å². The Morgan fingerprint density at radius 3 is 2.35 bits per heavy atom. The van der Waals surface area contributed by atoms with Crippen molar-refractivity contribution in [2.75, 3.05) is 25.2 Å². The smallest absolute Gasteiger partial charge is 0.251 e. The first-order chi connectivity index (χ1) is 9.45. The molecule has 0 aliphatic rings. The summed E-state index contributed by atoms with van der Waals surface area (Å²) in [5.74, 6) is 1.64. The van der Waals surface area contributed by atoms with E-state index in [0.29, 0.717) is 0 Å². The van der Waals surface area contributed by atoms with E-state index in [9.17, 15) is 18.4 Å². The zero-order chi connectivity index (χ0) is 15.1. The molecule has 0 saturated carbocycles. The molecule has 2 amide bonds. The van der Waals surface area contributed by atoms with Gasteiger partial charge in [-0.3, -0.25) is 15.4 Å². The summed E-state index contributed by atoms with van der Waals surface area (Å²) in [4.78, 5) is 22.0. The van der Waals surface area contributed by atoms with Crippen LogP contribution in [0.3, 0.4) is 0 Å². The molecule has 0 spiro atoms. The van der Waals surface area contributed by atoms with Gasteiger partial charge in [-0.1, -0.05) is 0 Å². The van der Waals surface area contributed by atoms with E-state index in [2.05, 4.69) is 5.32 Å². The molecule has 20 heavy (non-hydrogen) atoms. The number of hydrogen-bond acceptors (Lipinski definition) is 5. The summed E-state index contributed by atoms with van der Waals surface area (Å²) < 4.78 is 31.5. The average Bonchev–Trinajstić information content (AvgIpc) is 2.37. The Bertz CT molecular complexity index is 487. The molecule has 1 aromatic rings. The van der Waals surface area contributed by atoms with Crippen LogP contribution in [-0.2, 0) is 9.53 Å². The molecule has 0 radical (unpaired) electrons. The van der Waals surface area contributed by atoms with Gasteiger partial charge in [-0.15, -0.1) is 0 Å². The van der Waals surface area contributed by atoms with E-state index in [1.165, 1.54) is 0 Å². The third-order valence-corrected chi connectivity index (χ3v) is 2.22. The molecule has 110 valence electrons. The van der Waals surface area contributed by atoms with Gasteiger partial charge in [-0.2, -0.15) is 0 Å². The molecule has 0 aromatic heterocycles. The van der Waals surface area contributed by atoms with Gasteiger partial charge in [0.05, 0.1) is 6.61 Å². The Hall–Kier alpha value is -2.26. The van der Waals surface area contributed by atoms with Crippen LogP contribution in [0.2, 0.25) is 0 Å². The summed E-state index contributed by atoms with van der Waals surface area (Å²) in [5.41, 5.74) is 5.97. The van der Waals surface area contributed by atoms with Crippen molar-refractivity contribution < 1.29 is 23.1 Å². The van der Waals surface area contributed by atoms with E-state index in [1.807, 2.05) is 5.43 Å².